The van der Waals surface area contributed by atoms with Gasteiger partial charge in [0.25, 0.3) is 0 Å². The maximum absolute atomic E-state index is 13.5. The first kappa shape index (κ1) is 14.1. The molecule has 1 N–H and O–H groups in total. The van der Waals surface area contributed by atoms with Crippen LogP contribution in [0.5, 0.6) is 0 Å². The Morgan fingerprint density at radius 1 is 1.35 bits per heavy atom. The predicted octanol–water partition coefficient (Wildman–Crippen LogP) is 1.66. The van der Waals surface area contributed by atoms with Crippen LogP contribution in [0.2, 0.25) is 0 Å². The van der Waals surface area contributed by atoms with Gasteiger partial charge in [-0.1, -0.05) is 0 Å². The van der Waals surface area contributed by atoms with Crippen LogP contribution in [0, 0.1) is 11.6 Å². The average Bonchev–Trinajstić information content (AvgIpc) is 2.22. The second-order valence-electron chi connectivity index (χ2n) is 3.93. The number of sulfone groups is 1. The maximum Gasteiger partial charge on any atom is 0.147 e. The smallest absolute Gasteiger partial charge is 0.147 e. The minimum Gasteiger partial charge on any atom is -0.313 e. The van der Waals surface area contributed by atoms with Gasteiger partial charge in [-0.3, -0.25) is 0 Å². The number of hydrogen-bond donors (Lipinski definition) is 1. The SMILES string of the molecule is CNC(CCS(C)(=O)=O)c1cc(F)ccc1F. The van der Waals surface area contributed by atoms with Crippen LogP contribution in [0.4, 0.5) is 8.78 Å². The van der Waals surface area contributed by atoms with E-state index in [9.17, 15) is 17.2 Å². The van der Waals surface area contributed by atoms with E-state index in [0.717, 1.165) is 24.5 Å². The van der Waals surface area contributed by atoms with Gasteiger partial charge in [0.05, 0.1) is 5.75 Å². The summed E-state index contributed by atoms with van der Waals surface area (Å²) in [6.07, 6.45) is 1.32. The highest BCUT2D eigenvalue weighted by Gasteiger charge is 2.16. The summed E-state index contributed by atoms with van der Waals surface area (Å²) >= 11 is 0. The van der Waals surface area contributed by atoms with Gasteiger partial charge >= 0.3 is 0 Å². The number of halogens is 2. The number of hydrogen-bond acceptors (Lipinski definition) is 3. The van der Waals surface area contributed by atoms with E-state index in [4.69, 9.17) is 0 Å². The predicted molar refractivity (Wildman–Crippen MR) is 62.5 cm³/mol. The van der Waals surface area contributed by atoms with Gasteiger partial charge in [0.15, 0.2) is 0 Å². The lowest BCUT2D eigenvalue weighted by Crippen LogP contribution is -2.21. The Morgan fingerprint density at radius 2 is 2.00 bits per heavy atom. The monoisotopic (exact) mass is 263 g/mol. The molecule has 0 saturated heterocycles. The first-order valence-electron chi connectivity index (χ1n) is 5.13. The minimum atomic E-state index is -3.12. The van der Waals surface area contributed by atoms with Crippen molar-refractivity contribution in [3.63, 3.8) is 0 Å². The van der Waals surface area contributed by atoms with E-state index in [1.807, 2.05) is 0 Å². The number of nitrogens with one attached hydrogen (secondary N) is 1. The summed E-state index contributed by atoms with van der Waals surface area (Å²) in [6, 6.07) is 2.64. The maximum atomic E-state index is 13.5. The molecule has 0 aromatic heterocycles. The lowest BCUT2D eigenvalue weighted by atomic mass is 10.0. The molecule has 3 nitrogen and oxygen atoms in total. The van der Waals surface area contributed by atoms with Crippen LogP contribution < -0.4 is 5.32 Å². The Balaban J connectivity index is 2.90. The zero-order valence-electron chi connectivity index (χ0n) is 9.70. The van der Waals surface area contributed by atoms with Gasteiger partial charge in [-0.2, -0.15) is 0 Å². The quantitative estimate of drug-likeness (QED) is 0.879. The number of rotatable bonds is 5. The molecule has 1 atom stereocenters. The second-order valence-corrected chi connectivity index (χ2v) is 6.19. The van der Waals surface area contributed by atoms with Gasteiger partial charge in [-0.05, 0) is 31.7 Å². The molecule has 0 spiro atoms. The molecular formula is C11H15F2NO2S. The van der Waals surface area contributed by atoms with Crippen LogP contribution >= 0.6 is 0 Å². The molecule has 0 bridgehead atoms. The van der Waals surface area contributed by atoms with Crippen molar-refractivity contribution in [3.05, 3.63) is 35.4 Å². The van der Waals surface area contributed by atoms with Crippen molar-refractivity contribution in [2.45, 2.75) is 12.5 Å². The van der Waals surface area contributed by atoms with Gasteiger partial charge in [0.2, 0.25) is 0 Å². The molecule has 1 aromatic rings. The molecule has 0 aliphatic carbocycles. The van der Waals surface area contributed by atoms with Crippen molar-refractivity contribution in [1.82, 2.24) is 5.32 Å². The van der Waals surface area contributed by atoms with Crippen LogP contribution in [0.3, 0.4) is 0 Å². The highest BCUT2D eigenvalue weighted by molar-refractivity contribution is 7.90. The third kappa shape index (κ3) is 4.40. The van der Waals surface area contributed by atoms with Crippen LogP contribution in [0.1, 0.15) is 18.0 Å². The summed E-state index contributed by atoms with van der Waals surface area (Å²) in [6.45, 7) is 0. The largest absolute Gasteiger partial charge is 0.313 e. The van der Waals surface area contributed by atoms with E-state index in [2.05, 4.69) is 5.32 Å². The van der Waals surface area contributed by atoms with E-state index in [-0.39, 0.29) is 17.7 Å². The first-order chi connectivity index (χ1) is 7.83. The lowest BCUT2D eigenvalue weighted by Gasteiger charge is -2.16. The average molecular weight is 263 g/mol. The van der Waals surface area contributed by atoms with Crippen molar-refractivity contribution in [1.29, 1.82) is 0 Å². The van der Waals surface area contributed by atoms with Gasteiger partial charge in [-0.25, -0.2) is 17.2 Å². The molecule has 0 saturated carbocycles. The molecule has 1 unspecified atom stereocenters. The number of benzene rings is 1. The van der Waals surface area contributed by atoms with Crippen molar-refractivity contribution in [3.8, 4) is 0 Å². The van der Waals surface area contributed by atoms with E-state index >= 15 is 0 Å². The standard InChI is InChI=1S/C11H15F2NO2S/c1-14-11(5-6-17(2,15)16)9-7-8(12)3-4-10(9)13/h3-4,7,11,14H,5-6H2,1-2H3. The second kappa shape index (κ2) is 5.55. The Kier molecular flexibility index (Phi) is 4.59. The lowest BCUT2D eigenvalue weighted by molar-refractivity contribution is 0.512. The Bertz CT molecular complexity index is 488. The van der Waals surface area contributed by atoms with Gasteiger partial charge in [0, 0.05) is 17.9 Å². The normalized spacial score (nSPS) is 13.6. The molecule has 0 amide bonds. The molecule has 0 radical (unpaired) electrons. The van der Waals surface area contributed by atoms with Crippen molar-refractivity contribution in [2.24, 2.45) is 0 Å². The van der Waals surface area contributed by atoms with E-state index in [1.165, 1.54) is 0 Å². The molecule has 1 rings (SSSR count). The molecule has 17 heavy (non-hydrogen) atoms. The van der Waals surface area contributed by atoms with Crippen molar-refractivity contribution >= 4 is 9.84 Å². The van der Waals surface area contributed by atoms with Gasteiger partial charge in [0.1, 0.15) is 21.5 Å². The Hall–Kier alpha value is -1.01. The third-order valence-electron chi connectivity index (χ3n) is 2.46. The summed E-state index contributed by atoms with van der Waals surface area (Å²) in [5.41, 5.74) is 0.149. The zero-order chi connectivity index (χ0) is 13.1. The highest BCUT2D eigenvalue weighted by atomic mass is 32.2. The van der Waals surface area contributed by atoms with Crippen LogP contribution in [-0.4, -0.2) is 27.5 Å². The molecule has 1 aromatic carbocycles. The van der Waals surface area contributed by atoms with E-state index in [0.29, 0.717) is 0 Å². The Labute approximate surface area is 99.8 Å². The fourth-order valence-corrected chi connectivity index (χ4v) is 2.23. The topological polar surface area (TPSA) is 46.2 Å². The Morgan fingerprint density at radius 3 is 2.53 bits per heavy atom. The highest BCUT2D eigenvalue weighted by Crippen LogP contribution is 2.21. The molecule has 0 fully saturated rings. The molecule has 0 aliphatic heterocycles. The van der Waals surface area contributed by atoms with Crippen molar-refractivity contribution < 1.29 is 17.2 Å². The van der Waals surface area contributed by atoms with Gasteiger partial charge < -0.3 is 5.32 Å². The fourth-order valence-electron chi connectivity index (χ4n) is 1.57. The zero-order valence-corrected chi connectivity index (χ0v) is 10.5. The van der Waals surface area contributed by atoms with Crippen LogP contribution in [-0.2, 0) is 9.84 Å². The fraction of sp³-hybridized carbons (Fsp3) is 0.455. The molecule has 0 heterocycles. The first-order valence-corrected chi connectivity index (χ1v) is 7.19. The van der Waals surface area contributed by atoms with E-state index in [1.54, 1.807) is 7.05 Å². The summed E-state index contributed by atoms with van der Waals surface area (Å²) in [5, 5.41) is 2.79. The van der Waals surface area contributed by atoms with Crippen molar-refractivity contribution in [2.75, 3.05) is 19.1 Å². The summed E-state index contributed by atoms with van der Waals surface area (Å²) < 4.78 is 48.6. The summed E-state index contributed by atoms with van der Waals surface area (Å²) in [5.74, 6) is -1.16. The summed E-state index contributed by atoms with van der Waals surface area (Å²) in [7, 11) is -1.54. The summed E-state index contributed by atoms with van der Waals surface area (Å²) in [4.78, 5) is 0. The molecule has 0 aliphatic rings. The molecular weight excluding hydrogens is 248 g/mol. The van der Waals surface area contributed by atoms with Gasteiger partial charge in [-0.15, -0.1) is 0 Å². The van der Waals surface area contributed by atoms with Crippen LogP contribution in [0.15, 0.2) is 18.2 Å². The minimum absolute atomic E-state index is 0.0749. The third-order valence-corrected chi connectivity index (χ3v) is 3.44. The van der Waals surface area contributed by atoms with Crippen LogP contribution in [0.25, 0.3) is 0 Å². The molecule has 6 heteroatoms. The van der Waals surface area contributed by atoms with E-state index < -0.39 is 27.5 Å². The molecule has 96 valence electrons.